The van der Waals surface area contributed by atoms with E-state index in [1.807, 2.05) is 0 Å². The Bertz CT molecular complexity index is 450. The predicted molar refractivity (Wildman–Crippen MR) is 75.8 cm³/mol. The summed E-state index contributed by atoms with van der Waals surface area (Å²) in [5.41, 5.74) is 5.16. The lowest BCUT2D eigenvalue weighted by molar-refractivity contribution is 1.07. The highest BCUT2D eigenvalue weighted by Crippen LogP contribution is 2.20. The van der Waals surface area contributed by atoms with E-state index in [1.54, 1.807) is 0 Å². The molecule has 0 aliphatic heterocycles. The van der Waals surface area contributed by atoms with Gasteiger partial charge < -0.3 is 4.57 Å². The molecule has 3 heteroatoms. The highest BCUT2D eigenvalue weighted by molar-refractivity contribution is 9.09. The number of benzene rings is 1. The van der Waals surface area contributed by atoms with Crippen molar-refractivity contribution in [2.75, 3.05) is 0 Å². The minimum absolute atomic E-state index is 0.896. The topological polar surface area (TPSA) is 4.93 Å². The zero-order valence-electron chi connectivity index (χ0n) is 9.08. The lowest BCUT2D eigenvalue weighted by atomic mass is 10.2. The molecular formula is C13H13Br2N. The normalized spacial score (nSPS) is 10.7. The zero-order chi connectivity index (χ0) is 11.5. The van der Waals surface area contributed by atoms with Crippen molar-refractivity contribution in [2.45, 2.75) is 17.6 Å². The molecule has 0 N–H and O–H groups in total. The van der Waals surface area contributed by atoms with Gasteiger partial charge in [0.25, 0.3) is 0 Å². The molecule has 0 aliphatic carbocycles. The number of hydrogen-bond acceptors (Lipinski definition) is 0. The Hall–Kier alpha value is -0.540. The summed E-state index contributed by atoms with van der Waals surface area (Å²) in [6, 6.07) is 8.56. The fourth-order valence-electron chi connectivity index (χ4n) is 1.65. The minimum atomic E-state index is 0.896. The van der Waals surface area contributed by atoms with Crippen molar-refractivity contribution in [1.29, 1.82) is 0 Å². The fourth-order valence-corrected chi connectivity index (χ4v) is 2.66. The van der Waals surface area contributed by atoms with E-state index in [0.29, 0.717) is 0 Å². The van der Waals surface area contributed by atoms with Crippen LogP contribution in [0.15, 0.2) is 36.7 Å². The van der Waals surface area contributed by atoms with Crippen LogP contribution in [-0.4, -0.2) is 4.57 Å². The first-order valence-corrected chi connectivity index (χ1v) is 7.37. The molecule has 0 unspecified atom stereocenters. The molecule has 0 saturated heterocycles. The third-order valence-corrected chi connectivity index (χ3v) is 3.83. The van der Waals surface area contributed by atoms with Gasteiger partial charge in [-0.25, -0.2) is 0 Å². The van der Waals surface area contributed by atoms with Crippen molar-refractivity contribution in [3.8, 4) is 5.69 Å². The van der Waals surface area contributed by atoms with E-state index in [4.69, 9.17) is 0 Å². The van der Waals surface area contributed by atoms with Crippen molar-refractivity contribution >= 4 is 31.9 Å². The second-order valence-corrected chi connectivity index (χ2v) is 4.94. The van der Waals surface area contributed by atoms with E-state index < -0.39 is 0 Å². The molecule has 0 amide bonds. The smallest absolute Gasteiger partial charge is 0.0449 e. The van der Waals surface area contributed by atoms with Crippen LogP contribution in [0.25, 0.3) is 5.69 Å². The van der Waals surface area contributed by atoms with Gasteiger partial charge in [-0.3, -0.25) is 0 Å². The maximum atomic E-state index is 3.51. The molecule has 1 aromatic carbocycles. The van der Waals surface area contributed by atoms with Crippen LogP contribution in [0.2, 0.25) is 0 Å². The van der Waals surface area contributed by atoms with Crippen molar-refractivity contribution in [3.05, 3.63) is 53.3 Å². The number of aryl methyl sites for hydroxylation is 1. The van der Waals surface area contributed by atoms with Gasteiger partial charge in [-0.2, -0.15) is 0 Å². The van der Waals surface area contributed by atoms with Gasteiger partial charge in [-0.15, -0.1) is 0 Å². The molecule has 16 heavy (non-hydrogen) atoms. The summed E-state index contributed by atoms with van der Waals surface area (Å²) >= 11 is 7.02. The van der Waals surface area contributed by atoms with Crippen LogP contribution in [0.1, 0.15) is 16.7 Å². The summed E-state index contributed by atoms with van der Waals surface area (Å²) in [5, 5.41) is 1.79. The molecule has 0 atom stereocenters. The molecular weight excluding hydrogens is 330 g/mol. The molecule has 0 saturated carbocycles. The lowest BCUT2D eigenvalue weighted by Crippen LogP contribution is -1.89. The van der Waals surface area contributed by atoms with Gasteiger partial charge in [-0.1, -0.05) is 49.6 Å². The number of alkyl halides is 2. The van der Waals surface area contributed by atoms with E-state index >= 15 is 0 Å². The standard InChI is InChI=1S/C13H13Br2N/c1-10-2-4-13(5-3-10)16-8-11(6-14)12(7-15)9-16/h2-5,8-9H,6-7H2,1H3. The number of nitrogens with zero attached hydrogens (tertiary/aromatic N) is 1. The number of aromatic nitrogens is 1. The summed E-state index contributed by atoms with van der Waals surface area (Å²) in [7, 11) is 0. The molecule has 2 rings (SSSR count). The van der Waals surface area contributed by atoms with Crippen LogP contribution in [0.3, 0.4) is 0 Å². The second-order valence-electron chi connectivity index (χ2n) is 3.82. The Morgan fingerprint density at radius 2 is 1.44 bits per heavy atom. The minimum Gasteiger partial charge on any atom is -0.323 e. The third kappa shape index (κ3) is 2.41. The first-order valence-electron chi connectivity index (χ1n) is 5.13. The molecule has 0 aliphatic rings. The summed E-state index contributed by atoms with van der Waals surface area (Å²) in [5.74, 6) is 0. The Morgan fingerprint density at radius 1 is 0.938 bits per heavy atom. The van der Waals surface area contributed by atoms with Crippen LogP contribution in [-0.2, 0) is 10.7 Å². The summed E-state index contributed by atoms with van der Waals surface area (Å²) < 4.78 is 2.17. The van der Waals surface area contributed by atoms with Gasteiger partial charge in [0.2, 0.25) is 0 Å². The van der Waals surface area contributed by atoms with Crippen LogP contribution in [0.5, 0.6) is 0 Å². The predicted octanol–water partition coefficient (Wildman–Crippen LogP) is 4.58. The first kappa shape index (κ1) is 11.9. The van der Waals surface area contributed by atoms with Crippen LogP contribution in [0.4, 0.5) is 0 Å². The highest BCUT2D eigenvalue weighted by atomic mass is 79.9. The van der Waals surface area contributed by atoms with Crippen molar-refractivity contribution < 1.29 is 0 Å². The summed E-state index contributed by atoms with van der Waals surface area (Å²) in [6.07, 6.45) is 4.35. The maximum absolute atomic E-state index is 3.51. The van der Waals surface area contributed by atoms with Crippen molar-refractivity contribution in [1.82, 2.24) is 4.57 Å². The molecule has 0 radical (unpaired) electrons. The number of halogens is 2. The van der Waals surface area contributed by atoms with Gasteiger partial charge in [-0.05, 0) is 30.2 Å². The van der Waals surface area contributed by atoms with E-state index in [2.05, 4.69) is 80.0 Å². The van der Waals surface area contributed by atoms with Gasteiger partial charge in [0.1, 0.15) is 0 Å². The SMILES string of the molecule is Cc1ccc(-n2cc(CBr)c(CBr)c2)cc1. The van der Waals surface area contributed by atoms with Crippen LogP contribution >= 0.6 is 31.9 Å². The molecule has 84 valence electrons. The van der Waals surface area contributed by atoms with Gasteiger partial charge >= 0.3 is 0 Å². The first-order chi connectivity index (χ1) is 7.74. The van der Waals surface area contributed by atoms with Crippen molar-refractivity contribution in [2.24, 2.45) is 0 Å². The molecule has 0 bridgehead atoms. The van der Waals surface area contributed by atoms with Crippen LogP contribution in [0, 0.1) is 6.92 Å². The van der Waals surface area contributed by atoms with Gasteiger partial charge in [0, 0.05) is 28.7 Å². The Balaban J connectivity index is 2.40. The number of hydrogen-bond donors (Lipinski definition) is 0. The maximum Gasteiger partial charge on any atom is 0.0449 e. The van der Waals surface area contributed by atoms with Crippen LogP contribution < -0.4 is 0 Å². The summed E-state index contributed by atoms with van der Waals surface area (Å²) in [4.78, 5) is 0. The largest absolute Gasteiger partial charge is 0.323 e. The van der Waals surface area contributed by atoms with E-state index in [-0.39, 0.29) is 0 Å². The van der Waals surface area contributed by atoms with E-state index in [1.165, 1.54) is 22.4 Å². The van der Waals surface area contributed by atoms with Gasteiger partial charge in [0.05, 0.1) is 0 Å². The monoisotopic (exact) mass is 341 g/mol. The molecule has 1 nitrogen and oxygen atoms in total. The van der Waals surface area contributed by atoms with Gasteiger partial charge in [0.15, 0.2) is 0 Å². The molecule has 0 spiro atoms. The second kappa shape index (κ2) is 5.19. The molecule has 1 aromatic heterocycles. The Labute approximate surface area is 113 Å². The highest BCUT2D eigenvalue weighted by Gasteiger charge is 2.05. The average molecular weight is 343 g/mol. The number of rotatable bonds is 3. The lowest BCUT2D eigenvalue weighted by Gasteiger charge is -2.02. The Kier molecular flexibility index (Phi) is 3.87. The zero-order valence-corrected chi connectivity index (χ0v) is 12.3. The van der Waals surface area contributed by atoms with E-state index in [0.717, 1.165) is 10.7 Å². The Morgan fingerprint density at radius 3 is 1.88 bits per heavy atom. The quantitative estimate of drug-likeness (QED) is 0.720. The molecule has 2 aromatic rings. The third-order valence-electron chi connectivity index (χ3n) is 2.62. The van der Waals surface area contributed by atoms with E-state index in [9.17, 15) is 0 Å². The fraction of sp³-hybridized carbons (Fsp3) is 0.231. The molecule has 0 fully saturated rings. The molecule has 1 heterocycles. The van der Waals surface area contributed by atoms with Crippen molar-refractivity contribution in [3.63, 3.8) is 0 Å². The average Bonchev–Trinajstić information content (AvgIpc) is 2.73. The summed E-state index contributed by atoms with van der Waals surface area (Å²) in [6.45, 7) is 2.10.